The molecule has 0 radical (unpaired) electrons. The molecule has 5 rings (SSSR count). The van der Waals surface area contributed by atoms with Crippen LogP contribution >= 0.6 is 0 Å². The third kappa shape index (κ3) is 3.56. The molecule has 1 atom stereocenters. The number of alkyl halides is 3. The molecule has 0 saturated carbocycles. The molecule has 170 valence electrons. The molecule has 0 unspecified atom stereocenters. The zero-order chi connectivity index (χ0) is 23.5. The number of halogens is 4. The van der Waals surface area contributed by atoms with Crippen molar-refractivity contribution in [3.8, 4) is 5.82 Å². The Hall–Kier alpha value is -3.96. The first kappa shape index (κ1) is 20.9. The maximum atomic E-state index is 14.3. The zero-order valence-corrected chi connectivity index (χ0v) is 17.4. The van der Waals surface area contributed by atoms with Gasteiger partial charge >= 0.3 is 12.2 Å². The minimum Gasteiger partial charge on any atom is -0.336 e. The Bertz CT molecular complexity index is 1390. The normalized spacial score (nSPS) is 16.6. The summed E-state index contributed by atoms with van der Waals surface area (Å²) >= 11 is 0. The Morgan fingerprint density at radius 2 is 1.88 bits per heavy atom. The number of carbonyl (C=O) groups excluding carboxylic acids is 1. The quantitative estimate of drug-likeness (QED) is 0.472. The highest BCUT2D eigenvalue weighted by molar-refractivity contribution is 5.94. The van der Waals surface area contributed by atoms with Gasteiger partial charge in [0.05, 0.1) is 11.8 Å². The van der Waals surface area contributed by atoms with Crippen LogP contribution in [0.2, 0.25) is 0 Å². The molecule has 1 aliphatic rings. The Morgan fingerprint density at radius 1 is 1.09 bits per heavy atom. The number of imidazole rings is 1. The predicted octanol–water partition coefficient (Wildman–Crippen LogP) is 3.89. The van der Waals surface area contributed by atoms with Gasteiger partial charge in [-0.15, -0.1) is 0 Å². The molecule has 33 heavy (non-hydrogen) atoms. The number of urea groups is 1. The first-order valence-electron chi connectivity index (χ1n) is 9.92. The largest absolute Gasteiger partial charge is 0.416 e. The number of carbonyl (C=O) groups is 1. The molecule has 0 bridgehead atoms. The van der Waals surface area contributed by atoms with Gasteiger partial charge in [0, 0.05) is 30.9 Å². The lowest BCUT2D eigenvalue weighted by atomic mass is 10.2. The summed E-state index contributed by atoms with van der Waals surface area (Å²) in [7, 11) is 1.82. The fraction of sp³-hybridized carbons (Fsp3) is 0.238. The van der Waals surface area contributed by atoms with Gasteiger partial charge in [0.2, 0.25) is 5.95 Å². The summed E-state index contributed by atoms with van der Waals surface area (Å²) in [6, 6.07) is 5.48. The van der Waals surface area contributed by atoms with Crippen LogP contribution in [0.1, 0.15) is 23.1 Å². The lowest BCUT2D eigenvalue weighted by Crippen LogP contribution is -2.32. The van der Waals surface area contributed by atoms with Crippen molar-refractivity contribution >= 4 is 22.9 Å². The van der Waals surface area contributed by atoms with Gasteiger partial charge in [-0.2, -0.15) is 17.6 Å². The van der Waals surface area contributed by atoms with E-state index in [9.17, 15) is 22.4 Å². The molecule has 1 N–H and O–H groups in total. The van der Waals surface area contributed by atoms with Gasteiger partial charge in [-0.3, -0.25) is 9.47 Å². The van der Waals surface area contributed by atoms with Crippen molar-refractivity contribution in [2.75, 3.05) is 11.4 Å². The van der Waals surface area contributed by atoms with E-state index in [1.165, 1.54) is 11.5 Å². The first-order chi connectivity index (χ1) is 15.6. The van der Waals surface area contributed by atoms with E-state index in [1.54, 1.807) is 10.6 Å². The van der Waals surface area contributed by atoms with Gasteiger partial charge in [-0.25, -0.2) is 19.7 Å². The Morgan fingerprint density at radius 3 is 2.64 bits per heavy atom. The van der Waals surface area contributed by atoms with Crippen molar-refractivity contribution in [2.24, 2.45) is 7.05 Å². The summed E-state index contributed by atoms with van der Waals surface area (Å²) in [5.74, 6) is -0.568. The van der Waals surface area contributed by atoms with Crippen molar-refractivity contribution < 1.29 is 22.4 Å². The van der Waals surface area contributed by atoms with Crippen LogP contribution in [0.25, 0.3) is 16.9 Å². The fourth-order valence-electron chi connectivity index (χ4n) is 3.95. The predicted molar refractivity (Wildman–Crippen MR) is 110 cm³/mol. The highest BCUT2D eigenvalue weighted by Gasteiger charge is 2.39. The molecule has 1 fully saturated rings. The molecule has 4 aromatic heterocycles. The Labute approximate surface area is 184 Å². The monoisotopic (exact) mass is 459 g/mol. The smallest absolute Gasteiger partial charge is 0.336 e. The molecule has 5 heterocycles. The van der Waals surface area contributed by atoms with E-state index in [0.29, 0.717) is 11.5 Å². The van der Waals surface area contributed by atoms with Crippen LogP contribution in [0.15, 0.2) is 42.7 Å². The number of aryl methyl sites for hydroxylation is 2. The Kier molecular flexibility index (Phi) is 4.62. The number of amides is 2. The molecule has 0 aromatic carbocycles. The van der Waals surface area contributed by atoms with Crippen LogP contribution in [0, 0.1) is 12.9 Å². The lowest BCUT2D eigenvalue weighted by Gasteiger charge is -2.23. The third-order valence-electron chi connectivity index (χ3n) is 5.44. The van der Waals surface area contributed by atoms with Crippen LogP contribution in [0.5, 0.6) is 0 Å². The maximum Gasteiger partial charge on any atom is 0.416 e. The number of fused-ring (bicyclic) bond motifs is 1. The molecule has 0 aliphatic carbocycles. The average molecular weight is 459 g/mol. The van der Waals surface area contributed by atoms with Crippen molar-refractivity contribution in [1.82, 2.24) is 29.4 Å². The molecule has 1 saturated heterocycles. The number of anilines is 1. The van der Waals surface area contributed by atoms with Gasteiger partial charge < -0.3 is 9.88 Å². The maximum absolute atomic E-state index is 14.3. The van der Waals surface area contributed by atoms with E-state index in [-0.39, 0.29) is 23.9 Å². The Balaban J connectivity index is 1.62. The SMILES string of the molecule is Cc1cc(C(F)(F)F)cc(N2C(=O)NC[C@H]2c2nc(F)cn2-c2ccc3ccn(C)c3n2)n1. The van der Waals surface area contributed by atoms with Crippen LogP contribution in [0.4, 0.5) is 28.2 Å². The summed E-state index contributed by atoms with van der Waals surface area (Å²) in [5, 5.41) is 3.46. The minimum atomic E-state index is -4.62. The van der Waals surface area contributed by atoms with Gasteiger partial charge in [0.15, 0.2) is 0 Å². The first-order valence-corrected chi connectivity index (χ1v) is 9.92. The van der Waals surface area contributed by atoms with E-state index in [0.717, 1.165) is 28.6 Å². The molecule has 1 aliphatic heterocycles. The summed E-state index contributed by atoms with van der Waals surface area (Å²) in [6.07, 6.45) is -1.66. The topological polar surface area (TPSA) is 80.9 Å². The molecule has 8 nitrogen and oxygen atoms in total. The van der Waals surface area contributed by atoms with Gasteiger partial charge in [0.1, 0.15) is 29.1 Å². The van der Waals surface area contributed by atoms with Crippen LogP contribution in [0.3, 0.4) is 0 Å². The average Bonchev–Trinajstić information content (AvgIpc) is 3.43. The number of nitrogens with one attached hydrogen (secondary N) is 1. The standard InChI is InChI=1S/C21H17F4N7O/c1-11-7-13(21(23,24)25)8-17(27-11)32-14(9-26-20(32)33)19-28-15(22)10-31(19)16-4-3-12-5-6-30(2)18(12)29-16/h3-8,10,14H,9H2,1-2H3,(H,26,33)/t14-/m0/s1. The van der Waals surface area contributed by atoms with E-state index in [4.69, 9.17) is 0 Å². The molecule has 0 spiro atoms. The van der Waals surface area contributed by atoms with Crippen molar-refractivity contribution in [3.63, 3.8) is 0 Å². The highest BCUT2D eigenvalue weighted by Crippen LogP contribution is 2.35. The van der Waals surface area contributed by atoms with Crippen LogP contribution in [-0.2, 0) is 13.2 Å². The number of rotatable bonds is 3. The van der Waals surface area contributed by atoms with Crippen LogP contribution < -0.4 is 10.2 Å². The second-order valence-corrected chi connectivity index (χ2v) is 7.73. The third-order valence-corrected chi connectivity index (χ3v) is 5.44. The van der Waals surface area contributed by atoms with E-state index >= 15 is 0 Å². The highest BCUT2D eigenvalue weighted by atomic mass is 19.4. The summed E-state index contributed by atoms with van der Waals surface area (Å²) in [6.45, 7) is 1.40. The molecule has 12 heteroatoms. The van der Waals surface area contributed by atoms with E-state index in [1.807, 2.05) is 25.4 Å². The zero-order valence-electron chi connectivity index (χ0n) is 17.4. The second-order valence-electron chi connectivity index (χ2n) is 7.73. The van der Waals surface area contributed by atoms with E-state index < -0.39 is 29.8 Å². The summed E-state index contributed by atoms with van der Waals surface area (Å²) in [4.78, 5) is 26.3. The molecular formula is C21H17F4N7O. The molecule has 4 aromatic rings. The van der Waals surface area contributed by atoms with Crippen LogP contribution in [-0.4, -0.2) is 36.7 Å². The van der Waals surface area contributed by atoms with Crippen molar-refractivity contribution in [1.29, 1.82) is 0 Å². The fourth-order valence-corrected chi connectivity index (χ4v) is 3.95. The van der Waals surface area contributed by atoms with Crippen molar-refractivity contribution in [2.45, 2.75) is 19.1 Å². The molecular weight excluding hydrogens is 442 g/mol. The number of pyridine rings is 2. The number of nitrogens with zero attached hydrogens (tertiary/aromatic N) is 6. The van der Waals surface area contributed by atoms with E-state index in [2.05, 4.69) is 20.3 Å². The number of hydrogen-bond donors (Lipinski definition) is 1. The van der Waals surface area contributed by atoms with Crippen molar-refractivity contribution in [3.05, 3.63) is 65.8 Å². The number of aromatic nitrogens is 5. The molecule has 2 amide bonds. The summed E-state index contributed by atoms with van der Waals surface area (Å²) in [5.41, 5.74) is -0.197. The van der Waals surface area contributed by atoms with Gasteiger partial charge in [-0.05, 0) is 37.3 Å². The summed E-state index contributed by atoms with van der Waals surface area (Å²) < 4.78 is 57.6. The van der Waals surface area contributed by atoms with Gasteiger partial charge in [0.25, 0.3) is 0 Å². The minimum absolute atomic E-state index is 0.00133. The number of hydrogen-bond acceptors (Lipinski definition) is 4. The second kappa shape index (κ2) is 7.29. The lowest BCUT2D eigenvalue weighted by molar-refractivity contribution is -0.137. The van der Waals surface area contributed by atoms with Gasteiger partial charge in [-0.1, -0.05) is 0 Å².